The quantitative estimate of drug-likeness (QED) is 0.518. The summed E-state index contributed by atoms with van der Waals surface area (Å²) >= 11 is 0. The lowest BCUT2D eigenvalue weighted by atomic mass is 9.82. The summed E-state index contributed by atoms with van der Waals surface area (Å²) < 4.78 is 45.8. The van der Waals surface area contributed by atoms with Crippen molar-refractivity contribution < 1.29 is 17.5 Å². The maximum absolute atomic E-state index is 14.7. The van der Waals surface area contributed by atoms with Gasteiger partial charge in [0, 0.05) is 35.5 Å². The summed E-state index contributed by atoms with van der Waals surface area (Å²) in [6.07, 6.45) is 6.64. The van der Waals surface area contributed by atoms with E-state index >= 15 is 0 Å². The maximum Gasteiger partial charge on any atom is 0.209 e. The van der Waals surface area contributed by atoms with Crippen LogP contribution >= 0.6 is 0 Å². The van der Waals surface area contributed by atoms with Gasteiger partial charge in [0.05, 0.1) is 18.2 Å². The van der Waals surface area contributed by atoms with Crippen LogP contribution in [0, 0.1) is 11.2 Å². The Hall–Kier alpha value is -2.49. The van der Waals surface area contributed by atoms with Gasteiger partial charge in [-0.25, -0.2) is 22.5 Å². The molecule has 1 aliphatic rings. The molecule has 0 atom stereocenters. The Morgan fingerprint density at radius 3 is 2.74 bits per heavy atom. The number of fused-ring (bicyclic) bond motifs is 1. The number of pyridine rings is 1. The summed E-state index contributed by atoms with van der Waals surface area (Å²) in [6.45, 7) is 4.72. The minimum Gasteiger partial charge on any atom is -0.492 e. The summed E-state index contributed by atoms with van der Waals surface area (Å²) in [7, 11) is -3.40. The standard InChI is InChI=1S/C22H27FN4O3S/c1-22(6-9-24-10-7-22)14-30-19-5-8-25-21-20(19)17(13-26-21)15-3-4-16(18(23)11-15)12-27-31(2,28)29/h3-5,8,11,13,24,27H,6-7,9-10,12,14H2,1-2H3,(H,25,26). The second kappa shape index (κ2) is 8.57. The molecule has 3 heterocycles. The fourth-order valence-electron chi connectivity index (χ4n) is 3.87. The zero-order chi connectivity index (χ0) is 22.1. The van der Waals surface area contributed by atoms with Crippen molar-refractivity contribution in [2.75, 3.05) is 26.0 Å². The van der Waals surface area contributed by atoms with Crippen molar-refractivity contribution in [2.45, 2.75) is 26.3 Å². The third kappa shape index (κ3) is 5.06. The fourth-order valence-corrected chi connectivity index (χ4v) is 4.29. The number of H-pyrrole nitrogens is 1. The highest BCUT2D eigenvalue weighted by molar-refractivity contribution is 7.88. The van der Waals surface area contributed by atoms with Crippen molar-refractivity contribution in [1.82, 2.24) is 20.0 Å². The molecule has 166 valence electrons. The molecule has 2 aromatic heterocycles. The second-order valence-corrected chi connectivity index (χ2v) is 10.3. The molecule has 1 aromatic carbocycles. The van der Waals surface area contributed by atoms with Crippen LogP contribution in [0.3, 0.4) is 0 Å². The number of piperidine rings is 1. The first-order valence-corrected chi connectivity index (χ1v) is 12.2. The minimum atomic E-state index is -3.40. The van der Waals surface area contributed by atoms with Crippen molar-refractivity contribution >= 4 is 21.1 Å². The average molecular weight is 447 g/mol. The highest BCUT2D eigenvalue weighted by Gasteiger charge is 2.28. The van der Waals surface area contributed by atoms with E-state index in [0.29, 0.717) is 23.6 Å². The van der Waals surface area contributed by atoms with Gasteiger partial charge in [0.1, 0.15) is 17.2 Å². The molecule has 0 spiro atoms. The van der Waals surface area contributed by atoms with Crippen molar-refractivity contribution in [3.8, 4) is 16.9 Å². The van der Waals surface area contributed by atoms with Gasteiger partial charge >= 0.3 is 0 Å². The van der Waals surface area contributed by atoms with E-state index in [4.69, 9.17) is 4.74 Å². The van der Waals surface area contributed by atoms with Crippen molar-refractivity contribution in [3.63, 3.8) is 0 Å². The minimum absolute atomic E-state index is 0.0951. The smallest absolute Gasteiger partial charge is 0.209 e. The molecule has 3 aromatic rings. The molecule has 1 saturated heterocycles. The van der Waals surface area contributed by atoms with Crippen LogP contribution in [0.2, 0.25) is 0 Å². The van der Waals surface area contributed by atoms with Gasteiger partial charge in [-0.15, -0.1) is 0 Å². The Morgan fingerprint density at radius 1 is 1.26 bits per heavy atom. The van der Waals surface area contributed by atoms with E-state index in [0.717, 1.165) is 43.1 Å². The Bertz CT molecular complexity index is 1190. The van der Waals surface area contributed by atoms with E-state index in [2.05, 4.69) is 26.9 Å². The summed E-state index contributed by atoms with van der Waals surface area (Å²) in [5.41, 5.74) is 2.51. The van der Waals surface area contributed by atoms with Gasteiger partial charge in [-0.3, -0.25) is 0 Å². The molecule has 0 aliphatic carbocycles. The fraction of sp³-hybridized carbons (Fsp3) is 0.409. The normalized spacial score (nSPS) is 16.5. The number of sulfonamides is 1. The summed E-state index contributed by atoms with van der Waals surface area (Å²) in [5.74, 6) is 0.237. The number of hydrogen-bond acceptors (Lipinski definition) is 5. The van der Waals surface area contributed by atoms with Gasteiger partial charge < -0.3 is 15.0 Å². The molecular formula is C22H27FN4O3S. The summed E-state index contributed by atoms with van der Waals surface area (Å²) in [5, 5.41) is 4.18. The lowest BCUT2D eigenvalue weighted by Crippen LogP contribution is -2.38. The highest BCUT2D eigenvalue weighted by atomic mass is 32.2. The SMILES string of the molecule is CC1(COc2ccnc3[nH]cc(-c4ccc(CNS(C)(=O)=O)c(F)c4)c23)CCNCC1. The van der Waals surface area contributed by atoms with Crippen molar-refractivity contribution in [1.29, 1.82) is 0 Å². The summed E-state index contributed by atoms with van der Waals surface area (Å²) in [6, 6.07) is 6.61. The van der Waals surface area contributed by atoms with Gasteiger partial charge in [-0.05, 0) is 43.6 Å². The first kappa shape index (κ1) is 21.7. The van der Waals surface area contributed by atoms with E-state index in [9.17, 15) is 12.8 Å². The molecule has 0 amide bonds. The van der Waals surface area contributed by atoms with Gasteiger partial charge in [-0.1, -0.05) is 19.1 Å². The van der Waals surface area contributed by atoms with Crippen LogP contribution in [0.4, 0.5) is 4.39 Å². The van der Waals surface area contributed by atoms with Crippen molar-refractivity contribution in [3.05, 3.63) is 48.0 Å². The molecule has 0 saturated carbocycles. The monoisotopic (exact) mass is 446 g/mol. The number of hydrogen-bond donors (Lipinski definition) is 3. The predicted octanol–water partition coefficient (Wildman–Crippen LogP) is 3.19. The highest BCUT2D eigenvalue weighted by Crippen LogP contribution is 2.36. The number of nitrogens with one attached hydrogen (secondary N) is 3. The number of nitrogens with zero attached hydrogens (tertiary/aromatic N) is 1. The lowest BCUT2D eigenvalue weighted by molar-refractivity contribution is 0.124. The van der Waals surface area contributed by atoms with E-state index in [1.165, 1.54) is 6.07 Å². The van der Waals surface area contributed by atoms with E-state index in [1.807, 2.05) is 6.07 Å². The van der Waals surface area contributed by atoms with Crippen LogP contribution in [0.25, 0.3) is 22.2 Å². The topological polar surface area (TPSA) is 96.1 Å². The van der Waals surface area contributed by atoms with Crippen LogP contribution in [0.5, 0.6) is 5.75 Å². The molecule has 4 rings (SSSR count). The van der Waals surface area contributed by atoms with Crippen molar-refractivity contribution in [2.24, 2.45) is 5.41 Å². The molecule has 1 fully saturated rings. The second-order valence-electron chi connectivity index (χ2n) is 8.48. The van der Waals surface area contributed by atoms with E-state index in [-0.39, 0.29) is 17.5 Å². The third-order valence-corrected chi connectivity index (χ3v) is 6.48. The van der Waals surface area contributed by atoms with E-state index < -0.39 is 15.8 Å². The number of ether oxygens (including phenoxy) is 1. The van der Waals surface area contributed by atoms with Gasteiger partial charge in [0.25, 0.3) is 0 Å². The van der Waals surface area contributed by atoms with E-state index in [1.54, 1.807) is 24.5 Å². The van der Waals surface area contributed by atoms with Crippen LogP contribution in [0.15, 0.2) is 36.7 Å². The molecule has 9 heteroatoms. The number of aromatic amines is 1. The molecule has 0 unspecified atom stereocenters. The predicted molar refractivity (Wildman–Crippen MR) is 119 cm³/mol. The van der Waals surface area contributed by atoms with Crippen LogP contribution < -0.4 is 14.8 Å². The zero-order valence-electron chi connectivity index (χ0n) is 17.7. The molecule has 31 heavy (non-hydrogen) atoms. The van der Waals surface area contributed by atoms with Crippen LogP contribution in [-0.2, 0) is 16.6 Å². The van der Waals surface area contributed by atoms with Gasteiger partial charge in [-0.2, -0.15) is 0 Å². The summed E-state index contributed by atoms with van der Waals surface area (Å²) in [4.78, 5) is 7.52. The Kier molecular flexibility index (Phi) is 6.00. The molecule has 1 aliphatic heterocycles. The zero-order valence-corrected chi connectivity index (χ0v) is 18.5. The van der Waals surface area contributed by atoms with Crippen LogP contribution in [0.1, 0.15) is 25.3 Å². The average Bonchev–Trinajstić information content (AvgIpc) is 3.16. The Morgan fingerprint density at radius 2 is 2.03 bits per heavy atom. The molecule has 7 nitrogen and oxygen atoms in total. The molecule has 3 N–H and O–H groups in total. The van der Waals surface area contributed by atoms with Gasteiger partial charge in [0.2, 0.25) is 10.0 Å². The third-order valence-electron chi connectivity index (χ3n) is 5.81. The number of halogens is 1. The Balaban J connectivity index is 1.62. The first-order chi connectivity index (χ1) is 14.7. The number of aromatic nitrogens is 2. The maximum atomic E-state index is 14.7. The van der Waals surface area contributed by atoms with Crippen LogP contribution in [-0.4, -0.2) is 44.3 Å². The molecule has 0 bridgehead atoms. The first-order valence-electron chi connectivity index (χ1n) is 10.3. The largest absolute Gasteiger partial charge is 0.492 e. The Labute approximate surface area is 181 Å². The lowest BCUT2D eigenvalue weighted by Gasteiger charge is -2.33. The number of rotatable bonds is 7. The molecular weight excluding hydrogens is 419 g/mol. The van der Waals surface area contributed by atoms with Gasteiger partial charge in [0.15, 0.2) is 0 Å². The number of benzene rings is 1. The molecule has 0 radical (unpaired) electrons.